The zero-order valence-electron chi connectivity index (χ0n) is 12.2. The lowest BCUT2D eigenvalue weighted by molar-refractivity contribution is -0.0303. The maximum Gasteiger partial charge on any atom is 0.254 e. The molecule has 2 heterocycles. The molecule has 0 aromatic heterocycles. The van der Waals surface area contributed by atoms with E-state index < -0.39 is 0 Å². The molecule has 20 heavy (non-hydrogen) atoms. The van der Waals surface area contributed by atoms with Crippen LogP contribution in [0.25, 0.3) is 0 Å². The van der Waals surface area contributed by atoms with E-state index >= 15 is 0 Å². The van der Waals surface area contributed by atoms with Gasteiger partial charge in [0.1, 0.15) is 0 Å². The highest BCUT2D eigenvalue weighted by Gasteiger charge is 2.35. The van der Waals surface area contributed by atoms with Gasteiger partial charge >= 0.3 is 0 Å². The number of nitrogens with one attached hydrogen (secondary N) is 1. The molecular formula is C16H22N2O2. The lowest BCUT2D eigenvalue weighted by Crippen LogP contribution is -2.45. The summed E-state index contributed by atoms with van der Waals surface area (Å²) in [5.41, 5.74) is 3.01. The number of ether oxygens (including phenoxy) is 1. The van der Waals surface area contributed by atoms with E-state index in [1.807, 2.05) is 30.0 Å². The maximum absolute atomic E-state index is 12.6. The van der Waals surface area contributed by atoms with Crippen LogP contribution in [0.15, 0.2) is 18.2 Å². The Morgan fingerprint density at radius 3 is 2.65 bits per heavy atom. The fourth-order valence-corrected chi connectivity index (χ4v) is 3.15. The lowest BCUT2D eigenvalue weighted by atomic mass is 10.1. The van der Waals surface area contributed by atoms with Gasteiger partial charge in [-0.15, -0.1) is 0 Å². The molecule has 2 aliphatic rings. The summed E-state index contributed by atoms with van der Waals surface area (Å²) in [6.07, 6.45) is 2.68. The summed E-state index contributed by atoms with van der Waals surface area (Å²) in [4.78, 5) is 14.5. The van der Waals surface area contributed by atoms with Gasteiger partial charge in [-0.2, -0.15) is 0 Å². The number of hydrogen-bond acceptors (Lipinski definition) is 3. The van der Waals surface area contributed by atoms with E-state index in [2.05, 4.69) is 12.2 Å². The number of carbonyl (C=O) groups is 1. The van der Waals surface area contributed by atoms with Crippen molar-refractivity contribution in [3.8, 4) is 0 Å². The number of benzene rings is 1. The molecule has 2 saturated heterocycles. The number of likely N-dealkylation sites (tertiary alicyclic amines) is 1. The number of rotatable bonds is 3. The van der Waals surface area contributed by atoms with Gasteiger partial charge in [-0.25, -0.2) is 0 Å². The van der Waals surface area contributed by atoms with Gasteiger partial charge in [-0.1, -0.05) is 0 Å². The molecule has 2 bridgehead atoms. The third kappa shape index (κ3) is 2.52. The minimum Gasteiger partial charge on any atom is -0.385 e. The number of aryl methyl sites for hydroxylation is 1. The zero-order chi connectivity index (χ0) is 14.1. The molecule has 0 aliphatic carbocycles. The van der Waals surface area contributed by atoms with Gasteiger partial charge in [0.05, 0.1) is 12.2 Å². The Bertz CT molecular complexity index is 503. The Kier molecular flexibility index (Phi) is 3.66. The molecule has 0 saturated carbocycles. The monoisotopic (exact) mass is 274 g/mol. The second-order valence-corrected chi connectivity index (χ2v) is 5.73. The van der Waals surface area contributed by atoms with Gasteiger partial charge in [0.2, 0.25) is 0 Å². The lowest BCUT2D eigenvalue weighted by Gasteiger charge is -2.32. The molecule has 108 valence electrons. The van der Waals surface area contributed by atoms with Crippen molar-refractivity contribution in [1.29, 1.82) is 0 Å². The second-order valence-electron chi connectivity index (χ2n) is 5.73. The minimum absolute atomic E-state index is 0.136. The van der Waals surface area contributed by atoms with Crippen molar-refractivity contribution in [1.82, 2.24) is 4.90 Å². The highest BCUT2D eigenvalue weighted by atomic mass is 16.5. The molecule has 1 aromatic rings. The van der Waals surface area contributed by atoms with Crippen LogP contribution in [0, 0.1) is 6.92 Å². The van der Waals surface area contributed by atoms with E-state index in [0.717, 1.165) is 49.3 Å². The quantitative estimate of drug-likeness (QED) is 0.920. The predicted molar refractivity (Wildman–Crippen MR) is 79.1 cm³/mol. The van der Waals surface area contributed by atoms with Crippen LogP contribution < -0.4 is 5.32 Å². The summed E-state index contributed by atoms with van der Waals surface area (Å²) in [6.45, 7) is 6.48. The Labute approximate surface area is 120 Å². The molecule has 4 nitrogen and oxygen atoms in total. The average Bonchev–Trinajstić information content (AvgIpc) is 2.79. The van der Waals surface area contributed by atoms with E-state index in [1.165, 1.54) is 0 Å². The molecule has 1 N–H and O–H groups in total. The molecule has 1 amide bonds. The molecule has 2 fully saturated rings. The Morgan fingerprint density at radius 2 is 2.05 bits per heavy atom. The first-order valence-electron chi connectivity index (χ1n) is 7.46. The predicted octanol–water partition coefficient (Wildman–Crippen LogP) is 2.43. The first kappa shape index (κ1) is 13.4. The van der Waals surface area contributed by atoms with Gasteiger partial charge in [0, 0.05) is 30.9 Å². The third-order valence-corrected chi connectivity index (χ3v) is 4.17. The van der Waals surface area contributed by atoms with Crippen molar-refractivity contribution >= 4 is 11.6 Å². The van der Waals surface area contributed by atoms with Crippen LogP contribution in [0.3, 0.4) is 0 Å². The van der Waals surface area contributed by atoms with E-state index in [9.17, 15) is 4.79 Å². The largest absolute Gasteiger partial charge is 0.385 e. The first-order chi connectivity index (χ1) is 9.67. The fourth-order valence-electron chi connectivity index (χ4n) is 3.15. The van der Waals surface area contributed by atoms with E-state index in [4.69, 9.17) is 4.74 Å². The number of anilines is 1. The molecule has 0 radical (unpaired) electrons. The molecule has 2 atom stereocenters. The number of nitrogens with zero attached hydrogens (tertiary/aromatic N) is 1. The van der Waals surface area contributed by atoms with Gasteiger partial charge in [0.15, 0.2) is 0 Å². The summed E-state index contributed by atoms with van der Waals surface area (Å²) < 4.78 is 5.78. The SMILES string of the molecule is CCNc1ccc(C(=O)N2CC3CCC(C2)O3)cc1C. The second kappa shape index (κ2) is 5.44. The number of amides is 1. The topological polar surface area (TPSA) is 41.6 Å². The Hall–Kier alpha value is -1.55. The van der Waals surface area contributed by atoms with Crippen molar-refractivity contribution in [3.05, 3.63) is 29.3 Å². The minimum atomic E-state index is 0.136. The molecule has 0 spiro atoms. The first-order valence-corrected chi connectivity index (χ1v) is 7.46. The van der Waals surface area contributed by atoms with Gasteiger partial charge in [-0.3, -0.25) is 4.79 Å². The summed E-state index contributed by atoms with van der Waals surface area (Å²) in [6, 6.07) is 5.91. The van der Waals surface area contributed by atoms with Crippen LogP contribution in [0.1, 0.15) is 35.7 Å². The molecule has 4 heteroatoms. The van der Waals surface area contributed by atoms with Crippen molar-refractivity contribution in [2.45, 2.75) is 38.9 Å². The number of carbonyl (C=O) groups excluding carboxylic acids is 1. The molecule has 2 unspecified atom stereocenters. The van der Waals surface area contributed by atoms with E-state index in [0.29, 0.717) is 0 Å². The summed E-state index contributed by atoms with van der Waals surface area (Å²) >= 11 is 0. The summed E-state index contributed by atoms with van der Waals surface area (Å²) in [7, 11) is 0. The highest BCUT2D eigenvalue weighted by Crippen LogP contribution is 2.27. The van der Waals surface area contributed by atoms with Crippen molar-refractivity contribution in [2.24, 2.45) is 0 Å². The van der Waals surface area contributed by atoms with Crippen LogP contribution in [0.5, 0.6) is 0 Å². The third-order valence-electron chi connectivity index (χ3n) is 4.17. The Balaban J connectivity index is 1.75. The normalized spacial score (nSPS) is 24.8. The van der Waals surface area contributed by atoms with Crippen LogP contribution >= 0.6 is 0 Å². The smallest absolute Gasteiger partial charge is 0.254 e. The van der Waals surface area contributed by atoms with Crippen molar-refractivity contribution < 1.29 is 9.53 Å². The van der Waals surface area contributed by atoms with Crippen LogP contribution in [-0.2, 0) is 4.74 Å². The van der Waals surface area contributed by atoms with Crippen molar-refractivity contribution in [2.75, 3.05) is 25.0 Å². The Morgan fingerprint density at radius 1 is 1.35 bits per heavy atom. The summed E-state index contributed by atoms with van der Waals surface area (Å²) in [5, 5.41) is 3.30. The van der Waals surface area contributed by atoms with Gasteiger partial charge in [-0.05, 0) is 50.5 Å². The van der Waals surface area contributed by atoms with Crippen LogP contribution in [-0.4, -0.2) is 42.6 Å². The van der Waals surface area contributed by atoms with E-state index in [1.54, 1.807) is 0 Å². The number of hydrogen-bond donors (Lipinski definition) is 1. The number of fused-ring (bicyclic) bond motifs is 2. The molecular weight excluding hydrogens is 252 g/mol. The van der Waals surface area contributed by atoms with Gasteiger partial charge < -0.3 is 15.0 Å². The highest BCUT2D eigenvalue weighted by molar-refractivity contribution is 5.95. The summed E-state index contributed by atoms with van der Waals surface area (Å²) in [5.74, 6) is 0.136. The van der Waals surface area contributed by atoms with E-state index in [-0.39, 0.29) is 18.1 Å². The number of morpholine rings is 1. The van der Waals surface area contributed by atoms with Crippen LogP contribution in [0.2, 0.25) is 0 Å². The molecule has 2 aliphatic heterocycles. The molecule has 1 aromatic carbocycles. The maximum atomic E-state index is 12.6. The fraction of sp³-hybridized carbons (Fsp3) is 0.562. The zero-order valence-corrected chi connectivity index (χ0v) is 12.2. The average molecular weight is 274 g/mol. The van der Waals surface area contributed by atoms with Crippen molar-refractivity contribution in [3.63, 3.8) is 0 Å². The molecule has 3 rings (SSSR count). The van der Waals surface area contributed by atoms with Gasteiger partial charge in [0.25, 0.3) is 5.91 Å². The standard InChI is InChI=1S/C16H22N2O2/c1-3-17-15-7-4-12(8-11(15)2)16(19)18-9-13-5-6-14(10-18)20-13/h4,7-8,13-14,17H,3,5-6,9-10H2,1-2H3. The van der Waals surface area contributed by atoms with Crippen LogP contribution in [0.4, 0.5) is 5.69 Å².